The van der Waals surface area contributed by atoms with Gasteiger partial charge in [0.1, 0.15) is 5.82 Å². The zero-order valence-electron chi connectivity index (χ0n) is 15.4. The van der Waals surface area contributed by atoms with Crippen LogP contribution in [0.5, 0.6) is 0 Å². The van der Waals surface area contributed by atoms with Crippen LogP contribution in [0.4, 0.5) is 0 Å². The quantitative estimate of drug-likeness (QED) is 0.815. The predicted molar refractivity (Wildman–Crippen MR) is 101 cm³/mol. The van der Waals surface area contributed by atoms with E-state index in [1.165, 1.54) is 4.88 Å². The largest absolute Gasteiger partial charge is 0.348 e. The highest BCUT2D eigenvalue weighted by atomic mass is 32.1. The van der Waals surface area contributed by atoms with Crippen molar-refractivity contribution in [1.29, 1.82) is 0 Å². The molecule has 0 spiro atoms. The number of likely N-dealkylation sites (N-methyl/N-ethyl adjacent to an activating group) is 1. The van der Waals surface area contributed by atoms with Crippen LogP contribution >= 0.6 is 11.3 Å². The highest BCUT2D eigenvalue weighted by molar-refractivity contribution is 7.09. The minimum Gasteiger partial charge on any atom is -0.348 e. The Morgan fingerprint density at radius 1 is 1.31 bits per heavy atom. The lowest BCUT2D eigenvalue weighted by atomic mass is 9.89. The van der Waals surface area contributed by atoms with Crippen molar-refractivity contribution in [2.75, 3.05) is 40.3 Å². The molecule has 0 radical (unpaired) electrons. The van der Waals surface area contributed by atoms with Crippen molar-refractivity contribution in [1.82, 2.24) is 29.9 Å². The van der Waals surface area contributed by atoms with E-state index in [4.69, 9.17) is 0 Å². The fourth-order valence-corrected chi connectivity index (χ4v) is 4.76. The normalized spacial score (nSPS) is 22.4. The number of thiophene rings is 1. The fourth-order valence-electron chi connectivity index (χ4n) is 4.01. The molecule has 2 aromatic rings. The molecule has 0 bridgehead atoms. The maximum Gasteiger partial charge on any atom is 0.289 e. The Hall–Kier alpha value is -1.77. The third-order valence-electron chi connectivity index (χ3n) is 5.35. The molecule has 0 aliphatic carbocycles. The predicted octanol–water partition coefficient (Wildman–Crippen LogP) is 0.935. The van der Waals surface area contributed by atoms with Gasteiger partial charge >= 0.3 is 0 Å². The summed E-state index contributed by atoms with van der Waals surface area (Å²) in [5, 5.41) is 13.6. The Labute approximate surface area is 158 Å². The minimum absolute atomic E-state index is 0.113. The first kappa shape index (κ1) is 17.6. The Kier molecular flexibility index (Phi) is 5.06. The molecule has 0 saturated carbocycles. The monoisotopic (exact) mass is 374 g/mol. The van der Waals surface area contributed by atoms with Crippen molar-refractivity contribution in [2.45, 2.75) is 19.5 Å². The Morgan fingerprint density at radius 2 is 2.15 bits per heavy atom. The molecule has 1 amide bonds. The van der Waals surface area contributed by atoms with E-state index in [1.807, 2.05) is 34.9 Å². The first-order chi connectivity index (χ1) is 12.6. The molecule has 1 fully saturated rings. The summed E-state index contributed by atoms with van der Waals surface area (Å²) in [6, 6.07) is 4.32. The SMILES string of the molecule is CN(C)CCNC(=O)c1nnc2n1C[C@H]1CN(Cc3cccs3)C[C@H]1C2. The van der Waals surface area contributed by atoms with Gasteiger partial charge in [0.15, 0.2) is 0 Å². The van der Waals surface area contributed by atoms with Gasteiger partial charge in [0.2, 0.25) is 5.82 Å². The number of hydrogen-bond acceptors (Lipinski definition) is 6. The summed E-state index contributed by atoms with van der Waals surface area (Å²) >= 11 is 1.82. The molecule has 8 heteroatoms. The number of aromatic nitrogens is 3. The Morgan fingerprint density at radius 3 is 2.92 bits per heavy atom. The van der Waals surface area contributed by atoms with Crippen LogP contribution < -0.4 is 5.32 Å². The summed E-state index contributed by atoms with van der Waals surface area (Å²) in [6.45, 7) is 5.51. The van der Waals surface area contributed by atoms with Gasteiger partial charge < -0.3 is 14.8 Å². The average molecular weight is 375 g/mol. The van der Waals surface area contributed by atoms with Crippen molar-refractivity contribution in [3.8, 4) is 0 Å². The van der Waals surface area contributed by atoms with Crippen LogP contribution in [0.3, 0.4) is 0 Å². The summed E-state index contributed by atoms with van der Waals surface area (Å²) in [4.78, 5) is 18.5. The van der Waals surface area contributed by atoms with Crippen LogP contribution in [0.2, 0.25) is 0 Å². The van der Waals surface area contributed by atoms with E-state index in [0.29, 0.717) is 24.2 Å². The van der Waals surface area contributed by atoms with Gasteiger partial charge in [0.25, 0.3) is 5.91 Å². The zero-order valence-corrected chi connectivity index (χ0v) is 16.2. The van der Waals surface area contributed by atoms with E-state index in [9.17, 15) is 4.79 Å². The highest BCUT2D eigenvalue weighted by Crippen LogP contribution is 2.33. The van der Waals surface area contributed by atoms with E-state index in [-0.39, 0.29) is 5.91 Å². The Bertz CT molecular complexity index is 756. The first-order valence-corrected chi connectivity index (χ1v) is 10.1. The van der Waals surface area contributed by atoms with Gasteiger partial charge in [-0.15, -0.1) is 21.5 Å². The summed E-state index contributed by atoms with van der Waals surface area (Å²) in [7, 11) is 3.99. The number of carbonyl (C=O) groups excluding carboxylic acids is 1. The van der Waals surface area contributed by atoms with E-state index in [0.717, 1.165) is 45.0 Å². The van der Waals surface area contributed by atoms with Gasteiger partial charge in [0, 0.05) is 50.6 Å². The van der Waals surface area contributed by atoms with Gasteiger partial charge in [0.05, 0.1) is 0 Å². The van der Waals surface area contributed by atoms with Crippen molar-refractivity contribution in [3.05, 3.63) is 34.0 Å². The second kappa shape index (κ2) is 7.46. The molecule has 2 atom stereocenters. The maximum atomic E-state index is 12.5. The Balaban J connectivity index is 1.39. The fraction of sp³-hybridized carbons (Fsp3) is 0.611. The molecule has 2 aromatic heterocycles. The second-order valence-corrected chi connectivity index (χ2v) is 8.64. The van der Waals surface area contributed by atoms with E-state index >= 15 is 0 Å². The van der Waals surface area contributed by atoms with Crippen molar-refractivity contribution in [2.24, 2.45) is 11.8 Å². The number of fused-ring (bicyclic) bond motifs is 2. The number of nitrogens with zero attached hydrogens (tertiary/aromatic N) is 5. The first-order valence-electron chi connectivity index (χ1n) is 9.20. The van der Waals surface area contributed by atoms with E-state index in [1.54, 1.807) is 0 Å². The molecule has 4 heterocycles. The molecule has 2 aliphatic heterocycles. The lowest BCUT2D eigenvalue weighted by molar-refractivity contribution is 0.0932. The molecular formula is C18H26N6OS. The van der Waals surface area contributed by atoms with Gasteiger partial charge in [-0.1, -0.05) is 6.07 Å². The zero-order chi connectivity index (χ0) is 18.1. The molecule has 4 rings (SSSR count). The smallest absolute Gasteiger partial charge is 0.289 e. The second-order valence-electron chi connectivity index (χ2n) is 7.61. The van der Waals surface area contributed by atoms with Gasteiger partial charge in [-0.3, -0.25) is 9.69 Å². The summed E-state index contributed by atoms with van der Waals surface area (Å²) in [6.07, 6.45) is 0.920. The van der Waals surface area contributed by atoms with Crippen LogP contribution in [0.25, 0.3) is 0 Å². The van der Waals surface area contributed by atoms with E-state index in [2.05, 4.69) is 37.9 Å². The minimum atomic E-state index is -0.113. The lowest BCUT2D eigenvalue weighted by Gasteiger charge is -2.25. The van der Waals surface area contributed by atoms with Gasteiger partial charge in [-0.2, -0.15) is 0 Å². The average Bonchev–Trinajstić information content (AvgIpc) is 3.31. The van der Waals surface area contributed by atoms with Crippen LogP contribution in [-0.4, -0.2) is 70.7 Å². The van der Waals surface area contributed by atoms with Crippen molar-refractivity contribution >= 4 is 17.2 Å². The summed E-state index contributed by atoms with van der Waals surface area (Å²) in [5.74, 6) is 2.51. The molecule has 2 aliphatic rings. The highest BCUT2D eigenvalue weighted by Gasteiger charge is 2.39. The molecule has 7 nitrogen and oxygen atoms in total. The number of amides is 1. The van der Waals surface area contributed by atoms with Crippen LogP contribution in [0, 0.1) is 11.8 Å². The van der Waals surface area contributed by atoms with Crippen LogP contribution in [-0.2, 0) is 19.5 Å². The number of likely N-dealkylation sites (tertiary alicyclic amines) is 1. The van der Waals surface area contributed by atoms with Crippen LogP contribution in [0.15, 0.2) is 17.5 Å². The lowest BCUT2D eigenvalue weighted by Crippen LogP contribution is -2.35. The topological polar surface area (TPSA) is 66.3 Å². The van der Waals surface area contributed by atoms with Crippen molar-refractivity contribution in [3.63, 3.8) is 0 Å². The van der Waals surface area contributed by atoms with E-state index < -0.39 is 0 Å². The van der Waals surface area contributed by atoms with Gasteiger partial charge in [-0.25, -0.2) is 0 Å². The third kappa shape index (κ3) is 3.67. The standard InChI is InChI=1S/C18H26N6OS/c1-22(2)6-5-19-18(25)17-21-20-16-8-13-9-23(10-14(13)11-24(16)17)12-15-4-3-7-26-15/h3-4,7,13-14H,5-6,8-12H2,1-2H3,(H,19,25)/t13-,14-/m1/s1. The molecule has 0 aromatic carbocycles. The number of hydrogen-bond donors (Lipinski definition) is 1. The van der Waals surface area contributed by atoms with Gasteiger partial charge in [-0.05, 0) is 37.4 Å². The molecule has 1 saturated heterocycles. The number of nitrogens with one attached hydrogen (secondary N) is 1. The number of carbonyl (C=O) groups is 1. The van der Waals surface area contributed by atoms with Crippen molar-refractivity contribution < 1.29 is 4.79 Å². The molecular weight excluding hydrogens is 348 g/mol. The molecule has 26 heavy (non-hydrogen) atoms. The molecule has 140 valence electrons. The molecule has 0 unspecified atom stereocenters. The number of rotatable bonds is 6. The summed E-state index contributed by atoms with van der Waals surface area (Å²) in [5.41, 5.74) is 0. The van der Waals surface area contributed by atoms with Crippen LogP contribution in [0.1, 0.15) is 21.3 Å². The third-order valence-corrected chi connectivity index (χ3v) is 6.21. The molecule has 1 N–H and O–H groups in total. The maximum absolute atomic E-state index is 12.5. The summed E-state index contributed by atoms with van der Waals surface area (Å²) < 4.78 is 2.04.